The van der Waals surface area contributed by atoms with E-state index in [1.54, 1.807) is 36.5 Å². The first-order valence-electron chi connectivity index (χ1n) is 10.7. The molecule has 3 aromatic rings. The summed E-state index contributed by atoms with van der Waals surface area (Å²) in [5, 5.41) is 28.3. The van der Waals surface area contributed by atoms with Crippen LogP contribution in [0, 0.1) is 17.8 Å². The summed E-state index contributed by atoms with van der Waals surface area (Å²) in [5.41, 5.74) is 8.03. The number of anilines is 1. The Morgan fingerprint density at radius 3 is 2.64 bits per heavy atom. The van der Waals surface area contributed by atoms with Crippen LogP contribution < -0.4 is 16.4 Å². The van der Waals surface area contributed by atoms with Gasteiger partial charge in [-0.2, -0.15) is 0 Å². The molecule has 1 amide bonds. The van der Waals surface area contributed by atoms with Gasteiger partial charge in [-0.15, -0.1) is 0 Å². The van der Waals surface area contributed by atoms with Gasteiger partial charge in [0, 0.05) is 46.6 Å². The molecule has 0 spiro atoms. The summed E-state index contributed by atoms with van der Waals surface area (Å²) < 4.78 is 0. The Hall–Kier alpha value is -3.15. The Bertz CT molecular complexity index is 1210. The molecule has 7 nitrogen and oxygen atoms in total. The van der Waals surface area contributed by atoms with Crippen LogP contribution in [0.25, 0.3) is 10.8 Å². The van der Waals surface area contributed by atoms with Gasteiger partial charge in [0.15, 0.2) is 0 Å². The second kappa shape index (κ2) is 10.2. The Kier molecular flexibility index (Phi) is 7.11. The largest absolute Gasteiger partial charge is 0.390 e. The highest BCUT2D eigenvalue weighted by Gasteiger charge is 2.29. The predicted molar refractivity (Wildman–Crippen MR) is 128 cm³/mol. The van der Waals surface area contributed by atoms with E-state index in [-0.39, 0.29) is 24.9 Å². The maximum atomic E-state index is 11.6. The van der Waals surface area contributed by atoms with Crippen LogP contribution in [0.4, 0.5) is 5.82 Å². The van der Waals surface area contributed by atoms with E-state index in [0.29, 0.717) is 22.0 Å². The fourth-order valence-corrected chi connectivity index (χ4v) is 3.53. The molecule has 1 aromatic heterocycles. The summed E-state index contributed by atoms with van der Waals surface area (Å²) in [6, 6.07) is 12.6. The van der Waals surface area contributed by atoms with Crippen LogP contribution in [0.1, 0.15) is 35.8 Å². The number of nitrogen functional groups attached to an aromatic ring is 1. The smallest absolute Gasteiger partial charge is 0.223 e. The molecule has 6 N–H and O–H groups in total. The molecule has 1 heterocycles. The number of carbonyl (C=O) groups is 1. The maximum Gasteiger partial charge on any atom is 0.223 e. The number of halogens is 1. The van der Waals surface area contributed by atoms with Crippen molar-refractivity contribution in [2.75, 3.05) is 18.8 Å². The van der Waals surface area contributed by atoms with Crippen LogP contribution in [0.3, 0.4) is 0 Å². The standard InChI is InChI=1S/C25H25ClN4O3/c26-19-9-8-18-12-28-23(27)21(22(18)11-19)10-3-15-1-4-16(5-2-15)24(32)29-13-20(31)14-30-25(33)17-6-7-17/h1-2,4-5,8-9,11-12,17,20,24,29,31-32H,6-7,13-14H2,(H2,27,28)(H,30,33). The zero-order valence-electron chi connectivity index (χ0n) is 17.9. The molecular formula is C25H25ClN4O3. The lowest BCUT2D eigenvalue weighted by atomic mass is 10.1. The highest BCUT2D eigenvalue weighted by atomic mass is 35.5. The number of nitrogens with one attached hydrogen (secondary N) is 2. The number of nitrogens with two attached hydrogens (primary N) is 1. The summed E-state index contributed by atoms with van der Waals surface area (Å²) >= 11 is 6.13. The molecule has 0 radical (unpaired) electrons. The van der Waals surface area contributed by atoms with Crippen molar-refractivity contribution in [3.05, 3.63) is 70.4 Å². The molecule has 2 atom stereocenters. The second-order valence-corrected chi connectivity index (χ2v) is 8.54. The number of aliphatic hydroxyl groups excluding tert-OH is 2. The van der Waals surface area contributed by atoms with Gasteiger partial charge in [-0.1, -0.05) is 41.6 Å². The van der Waals surface area contributed by atoms with Crippen LogP contribution in [0.15, 0.2) is 48.7 Å². The van der Waals surface area contributed by atoms with Gasteiger partial charge in [-0.25, -0.2) is 4.98 Å². The number of benzene rings is 2. The van der Waals surface area contributed by atoms with Crippen LogP contribution >= 0.6 is 11.6 Å². The van der Waals surface area contributed by atoms with Crippen LogP contribution in [-0.2, 0) is 4.79 Å². The molecule has 1 aliphatic rings. The molecule has 0 bridgehead atoms. The molecular weight excluding hydrogens is 440 g/mol. The maximum absolute atomic E-state index is 11.6. The second-order valence-electron chi connectivity index (χ2n) is 8.11. The number of fused-ring (bicyclic) bond motifs is 1. The highest BCUT2D eigenvalue weighted by Crippen LogP contribution is 2.28. The molecule has 1 aliphatic carbocycles. The quantitative estimate of drug-likeness (QED) is 0.270. The zero-order chi connectivity index (χ0) is 23.4. The van der Waals surface area contributed by atoms with Gasteiger partial charge in [-0.3, -0.25) is 10.1 Å². The monoisotopic (exact) mass is 464 g/mol. The Balaban J connectivity index is 1.37. The number of aliphatic hydroxyl groups is 2. The summed E-state index contributed by atoms with van der Waals surface area (Å²) in [6.45, 7) is 0.296. The number of rotatable bonds is 7. The number of hydrogen-bond donors (Lipinski definition) is 5. The fraction of sp³-hybridized carbons (Fsp3) is 0.280. The molecule has 1 saturated carbocycles. The summed E-state index contributed by atoms with van der Waals surface area (Å²) in [6.07, 6.45) is 1.77. The van der Waals surface area contributed by atoms with Gasteiger partial charge in [0.25, 0.3) is 0 Å². The summed E-state index contributed by atoms with van der Waals surface area (Å²) in [4.78, 5) is 15.8. The van der Waals surface area contributed by atoms with Crippen molar-refractivity contribution in [2.24, 2.45) is 5.92 Å². The topological polar surface area (TPSA) is 120 Å². The van der Waals surface area contributed by atoms with Crippen molar-refractivity contribution in [1.29, 1.82) is 0 Å². The van der Waals surface area contributed by atoms with E-state index in [1.807, 2.05) is 12.1 Å². The van der Waals surface area contributed by atoms with Crippen molar-refractivity contribution >= 4 is 34.1 Å². The lowest BCUT2D eigenvalue weighted by Gasteiger charge is -2.17. The van der Waals surface area contributed by atoms with E-state index < -0.39 is 12.3 Å². The third-order valence-corrected chi connectivity index (χ3v) is 5.68. The lowest BCUT2D eigenvalue weighted by Crippen LogP contribution is -2.39. The normalized spacial score (nSPS) is 14.9. The number of aromatic nitrogens is 1. The number of nitrogens with zero attached hydrogens (tertiary/aromatic N) is 1. The van der Waals surface area contributed by atoms with E-state index in [4.69, 9.17) is 17.3 Å². The Morgan fingerprint density at radius 1 is 1.15 bits per heavy atom. The van der Waals surface area contributed by atoms with Crippen molar-refractivity contribution in [3.63, 3.8) is 0 Å². The van der Waals surface area contributed by atoms with Crippen molar-refractivity contribution < 1.29 is 15.0 Å². The molecule has 2 unspecified atom stereocenters. The van der Waals surface area contributed by atoms with Gasteiger partial charge in [0.1, 0.15) is 12.0 Å². The molecule has 0 aliphatic heterocycles. The minimum Gasteiger partial charge on any atom is -0.390 e. The van der Waals surface area contributed by atoms with E-state index in [2.05, 4.69) is 27.5 Å². The van der Waals surface area contributed by atoms with E-state index in [9.17, 15) is 15.0 Å². The van der Waals surface area contributed by atoms with Crippen LogP contribution in [0.5, 0.6) is 0 Å². The predicted octanol–water partition coefficient (Wildman–Crippen LogP) is 2.34. The van der Waals surface area contributed by atoms with Crippen LogP contribution in [-0.4, -0.2) is 40.3 Å². The number of carbonyl (C=O) groups excluding carboxylic acids is 1. The highest BCUT2D eigenvalue weighted by molar-refractivity contribution is 6.31. The van der Waals surface area contributed by atoms with E-state index >= 15 is 0 Å². The Labute approximate surface area is 197 Å². The van der Waals surface area contributed by atoms with Crippen LogP contribution in [0.2, 0.25) is 5.02 Å². The first-order valence-corrected chi connectivity index (χ1v) is 11.1. The van der Waals surface area contributed by atoms with E-state index in [0.717, 1.165) is 29.2 Å². The van der Waals surface area contributed by atoms with Crippen molar-refractivity contribution in [3.8, 4) is 11.8 Å². The molecule has 4 rings (SSSR count). The van der Waals surface area contributed by atoms with Gasteiger partial charge in [0.2, 0.25) is 5.91 Å². The minimum absolute atomic E-state index is 0.0181. The number of pyridine rings is 1. The molecule has 170 valence electrons. The number of amides is 1. The SMILES string of the molecule is Nc1ncc2ccc(Cl)cc2c1C#Cc1ccc(C(O)NCC(O)CNC(=O)C2CC2)cc1. The van der Waals surface area contributed by atoms with Gasteiger partial charge in [-0.05, 0) is 42.7 Å². The lowest BCUT2D eigenvalue weighted by molar-refractivity contribution is -0.122. The fourth-order valence-electron chi connectivity index (χ4n) is 3.36. The zero-order valence-corrected chi connectivity index (χ0v) is 18.6. The van der Waals surface area contributed by atoms with Gasteiger partial charge < -0.3 is 21.3 Å². The van der Waals surface area contributed by atoms with Crippen molar-refractivity contribution in [2.45, 2.75) is 25.2 Å². The molecule has 2 aromatic carbocycles. The third-order valence-electron chi connectivity index (χ3n) is 5.45. The van der Waals surface area contributed by atoms with E-state index in [1.165, 1.54) is 0 Å². The molecule has 33 heavy (non-hydrogen) atoms. The Morgan fingerprint density at radius 2 is 1.91 bits per heavy atom. The minimum atomic E-state index is -0.958. The molecule has 0 saturated heterocycles. The first-order chi connectivity index (χ1) is 15.9. The first kappa shape index (κ1) is 23.0. The third kappa shape index (κ3) is 6.01. The average Bonchev–Trinajstić information content (AvgIpc) is 3.66. The molecule has 8 heteroatoms. The van der Waals surface area contributed by atoms with Crippen molar-refractivity contribution in [1.82, 2.24) is 15.6 Å². The van der Waals surface area contributed by atoms with Gasteiger partial charge >= 0.3 is 0 Å². The summed E-state index contributed by atoms with van der Waals surface area (Å²) in [5.74, 6) is 6.57. The molecule has 1 fully saturated rings. The number of hydrogen-bond acceptors (Lipinski definition) is 6. The average molecular weight is 465 g/mol. The van der Waals surface area contributed by atoms with Gasteiger partial charge in [0.05, 0.1) is 11.7 Å². The summed E-state index contributed by atoms with van der Waals surface area (Å²) in [7, 11) is 0.